The molecule has 19 heavy (non-hydrogen) atoms. The molecule has 0 heterocycles. The van der Waals surface area contributed by atoms with Crippen molar-refractivity contribution in [2.24, 2.45) is 11.8 Å². The first kappa shape index (κ1) is 16.8. The highest BCUT2D eigenvalue weighted by atomic mass is 79.9. The Morgan fingerprint density at radius 3 is 2.26 bits per heavy atom. The zero-order chi connectivity index (χ0) is 14.1. The highest BCUT2D eigenvalue weighted by Crippen LogP contribution is 2.25. The van der Waals surface area contributed by atoms with E-state index < -0.39 is 0 Å². The first-order chi connectivity index (χ1) is 9.19. The van der Waals surface area contributed by atoms with Gasteiger partial charge in [0.1, 0.15) is 0 Å². The number of halogens is 1. The fraction of sp³-hybridized carbons (Fsp3) is 0.667. The molecule has 0 spiro atoms. The summed E-state index contributed by atoms with van der Waals surface area (Å²) < 4.78 is 0. The lowest BCUT2D eigenvalue weighted by Gasteiger charge is -2.21. The van der Waals surface area contributed by atoms with E-state index in [1.807, 2.05) is 0 Å². The molecule has 0 amide bonds. The van der Waals surface area contributed by atoms with E-state index >= 15 is 0 Å². The zero-order valence-corrected chi connectivity index (χ0v) is 14.4. The van der Waals surface area contributed by atoms with Gasteiger partial charge in [0.25, 0.3) is 0 Å². The van der Waals surface area contributed by atoms with Crippen molar-refractivity contribution in [3.8, 4) is 0 Å². The molecule has 0 aliphatic rings. The monoisotopic (exact) mass is 324 g/mol. The van der Waals surface area contributed by atoms with Crippen LogP contribution in [0.2, 0.25) is 0 Å². The van der Waals surface area contributed by atoms with Crippen molar-refractivity contribution >= 4 is 15.9 Å². The van der Waals surface area contributed by atoms with Gasteiger partial charge in [0.05, 0.1) is 0 Å². The van der Waals surface area contributed by atoms with Crippen LogP contribution in [-0.4, -0.2) is 5.33 Å². The van der Waals surface area contributed by atoms with Crippen LogP contribution >= 0.6 is 15.9 Å². The van der Waals surface area contributed by atoms with Crippen molar-refractivity contribution in [3.05, 3.63) is 35.4 Å². The molecule has 0 N–H and O–H groups in total. The smallest absolute Gasteiger partial charge is 0.00629 e. The van der Waals surface area contributed by atoms with Crippen LogP contribution in [0.25, 0.3) is 0 Å². The average molecular weight is 325 g/mol. The van der Waals surface area contributed by atoms with E-state index in [-0.39, 0.29) is 0 Å². The normalized spacial score (nSPS) is 14.3. The molecule has 1 heteroatoms. The molecule has 0 nitrogen and oxygen atoms in total. The fourth-order valence-corrected chi connectivity index (χ4v) is 3.20. The first-order valence-electron chi connectivity index (χ1n) is 7.81. The summed E-state index contributed by atoms with van der Waals surface area (Å²) >= 11 is 3.71. The largest absolute Gasteiger partial charge is 0.0925 e. The topological polar surface area (TPSA) is 0 Å². The minimum Gasteiger partial charge on any atom is -0.0925 e. The molecule has 0 saturated carbocycles. The second-order valence-electron chi connectivity index (χ2n) is 5.86. The van der Waals surface area contributed by atoms with Crippen LogP contribution in [-0.2, 0) is 6.42 Å². The van der Waals surface area contributed by atoms with Crippen LogP contribution in [0.15, 0.2) is 24.3 Å². The van der Waals surface area contributed by atoms with E-state index in [9.17, 15) is 0 Å². The molecule has 0 aliphatic heterocycles. The van der Waals surface area contributed by atoms with Crippen LogP contribution in [0.3, 0.4) is 0 Å². The summed E-state index contributed by atoms with van der Waals surface area (Å²) in [5.74, 6) is 1.69. The third-order valence-electron chi connectivity index (χ3n) is 4.07. The molecule has 1 aromatic rings. The van der Waals surface area contributed by atoms with Crippen LogP contribution in [0.4, 0.5) is 0 Å². The van der Waals surface area contributed by atoms with Crippen molar-refractivity contribution in [3.63, 3.8) is 0 Å². The van der Waals surface area contributed by atoms with E-state index in [1.54, 1.807) is 0 Å². The number of benzene rings is 1. The van der Waals surface area contributed by atoms with Gasteiger partial charge in [0, 0.05) is 5.33 Å². The Balaban J connectivity index is 2.49. The predicted octanol–water partition coefficient (Wildman–Crippen LogP) is 6.16. The molecule has 1 aromatic carbocycles. The van der Waals surface area contributed by atoms with Crippen molar-refractivity contribution in [1.29, 1.82) is 0 Å². The second-order valence-corrected chi connectivity index (χ2v) is 6.51. The highest BCUT2D eigenvalue weighted by molar-refractivity contribution is 9.09. The Labute approximate surface area is 128 Å². The number of rotatable bonds is 9. The highest BCUT2D eigenvalue weighted by Gasteiger charge is 2.14. The van der Waals surface area contributed by atoms with Crippen LogP contribution in [0, 0.1) is 18.8 Å². The van der Waals surface area contributed by atoms with Gasteiger partial charge in [-0.15, -0.1) is 0 Å². The van der Waals surface area contributed by atoms with Gasteiger partial charge in [-0.2, -0.15) is 0 Å². The molecule has 1 rings (SSSR count). The first-order valence-corrected chi connectivity index (χ1v) is 8.93. The van der Waals surface area contributed by atoms with Gasteiger partial charge < -0.3 is 0 Å². The molecular formula is C18H29Br. The number of hydrogen-bond acceptors (Lipinski definition) is 0. The Bertz CT molecular complexity index is 328. The Hall–Kier alpha value is -0.300. The SMILES string of the molecule is CCCCC(CC)CC(CBr)Cc1ccc(C)cc1. The number of unbranched alkanes of at least 4 members (excludes halogenated alkanes) is 1. The fourth-order valence-electron chi connectivity index (χ4n) is 2.71. The quantitative estimate of drug-likeness (QED) is 0.477. The van der Waals surface area contributed by atoms with E-state index in [0.29, 0.717) is 0 Å². The summed E-state index contributed by atoms with van der Waals surface area (Å²) in [6.07, 6.45) is 8.04. The molecule has 0 bridgehead atoms. The molecule has 0 aliphatic carbocycles. The van der Waals surface area contributed by atoms with E-state index in [1.165, 1.54) is 49.7 Å². The Morgan fingerprint density at radius 1 is 1.05 bits per heavy atom. The van der Waals surface area contributed by atoms with Crippen LogP contribution in [0.5, 0.6) is 0 Å². The molecular weight excluding hydrogens is 296 g/mol. The van der Waals surface area contributed by atoms with E-state index in [0.717, 1.165) is 17.2 Å². The molecule has 2 atom stereocenters. The van der Waals surface area contributed by atoms with Gasteiger partial charge in [-0.3, -0.25) is 0 Å². The van der Waals surface area contributed by atoms with Crippen molar-refractivity contribution in [2.45, 2.75) is 59.3 Å². The molecule has 0 radical (unpaired) electrons. The maximum absolute atomic E-state index is 3.71. The average Bonchev–Trinajstić information content (AvgIpc) is 2.44. The van der Waals surface area contributed by atoms with E-state index in [2.05, 4.69) is 61.0 Å². The van der Waals surface area contributed by atoms with Crippen LogP contribution in [0.1, 0.15) is 57.1 Å². The molecule has 0 saturated heterocycles. The minimum absolute atomic E-state index is 0.782. The lowest BCUT2D eigenvalue weighted by Crippen LogP contribution is -2.12. The second kappa shape index (κ2) is 9.58. The Morgan fingerprint density at radius 2 is 1.74 bits per heavy atom. The maximum atomic E-state index is 3.71. The van der Waals surface area contributed by atoms with E-state index in [4.69, 9.17) is 0 Å². The number of hydrogen-bond donors (Lipinski definition) is 0. The van der Waals surface area contributed by atoms with Gasteiger partial charge in [-0.1, -0.05) is 85.3 Å². The van der Waals surface area contributed by atoms with Crippen molar-refractivity contribution < 1.29 is 0 Å². The summed E-state index contributed by atoms with van der Waals surface area (Å²) in [7, 11) is 0. The zero-order valence-electron chi connectivity index (χ0n) is 12.8. The van der Waals surface area contributed by atoms with Crippen LogP contribution < -0.4 is 0 Å². The molecule has 108 valence electrons. The summed E-state index contributed by atoms with van der Waals surface area (Å²) in [6, 6.07) is 9.04. The van der Waals surface area contributed by atoms with Gasteiger partial charge in [0.2, 0.25) is 0 Å². The summed E-state index contributed by atoms with van der Waals surface area (Å²) in [5, 5.41) is 1.13. The predicted molar refractivity (Wildman–Crippen MR) is 90.1 cm³/mol. The lowest BCUT2D eigenvalue weighted by molar-refractivity contribution is 0.355. The molecule has 0 fully saturated rings. The minimum atomic E-state index is 0.782. The standard InChI is InChI=1S/C18H29Br/c1-4-6-7-16(5-2)12-18(14-19)13-17-10-8-15(3)9-11-17/h8-11,16,18H,4-7,12-14H2,1-3H3. The number of alkyl halides is 1. The summed E-state index contributed by atoms with van der Waals surface area (Å²) in [6.45, 7) is 6.79. The lowest BCUT2D eigenvalue weighted by atomic mass is 9.86. The van der Waals surface area contributed by atoms with Gasteiger partial charge in [0.15, 0.2) is 0 Å². The summed E-state index contributed by atoms with van der Waals surface area (Å²) in [5.41, 5.74) is 2.84. The van der Waals surface area contributed by atoms with Gasteiger partial charge in [-0.05, 0) is 37.2 Å². The van der Waals surface area contributed by atoms with Gasteiger partial charge >= 0.3 is 0 Å². The Kier molecular flexibility index (Phi) is 8.45. The maximum Gasteiger partial charge on any atom is 0.00629 e. The number of aryl methyl sites for hydroxylation is 1. The van der Waals surface area contributed by atoms with Crippen molar-refractivity contribution in [1.82, 2.24) is 0 Å². The summed E-state index contributed by atoms with van der Waals surface area (Å²) in [4.78, 5) is 0. The van der Waals surface area contributed by atoms with Gasteiger partial charge in [-0.25, -0.2) is 0 Å². The third-order valence-corrected chi connectivity index (χ3v) is 4.99. The third kappa shape index (κ3) is 6.61. The molecule has 2 unspecified atom stereocenters. The molecule has 0 aromatic heterocycles. The van der Waals surface area contributed by atoms with Crippen molar-refractivity contribution in [2.75, 3.05) is 5.33 Å².